The molecule has 0 aliphatic carbocycles. The maximum atomic E-state index is 10.3. The Labute approximate surface area is 305 Å². The number of sulfonamides is 1. The lowest BCUT2D eigenvalue weighted by Crippen LogP contribution is -2.19. The quantitative estimate of drug-likeness (QED) is 0.0679. The normalized spacial score (nSPS) is 10.4. The molecule has 0 aromatic heterocycles. The molecule has 288 valence electrons. The first kappa shape index (κ1) is 58.6. The van der Waals surface area contributed by atoms with Crippen LogP contribution in [0.1, 0.15) is 240 Å². The highest BCUT2D eigenvalue weighted by Crippen LogP contribution is 2.15. The Bertz CT molecular complexity index is 492. The van der Waals surface area contributed by atoms with E-state index in [0.29, 0.717) is 0 Å². The summed E-state index contributed by atoms with van der Waals surface area (Å²) < 4.78 is 22.7. The van der Waals surface area contributed by atoms with Crippen LogP contribution in [0.25, 0.3) is 0 Å². The Kier molecular flexibility index (Phi) is 70.0. The Morgan fingerprint density at radius 3 is 0.522 bits per heavy atom. The molecule has 0 spiro atoms. The van der Waals surface area contributed by atoms with Crippen LogP contribution >= 0.6 is 24.8 Å². The predicted octanol–water partition coefficient (Wildman–Crippen LogP) is 15.1. The molecule has 0 bridgehead atoms. The fourth-order valence-corrected chi connectivity index (χ4v) is 5.68. The van der Waals surface area contributed by atoms with Crippen LogP contribution in [0.3, 0.4) is 0 Å². The van der Waals surface area contributed by atoms with Gasteiger partial charge in [-0.2, -0.15) is 0 Å². The van der Waals surface area contributed by atoms with E-state index in [0.717, 1.165) is 0 Å². The molecule has 46 heavy (non-hydrogen) atoms. The third-order valence-electron chi connectivity index (χ3n) is 8.61. The molecular formula is C39H90Cl2N2O2S. The Morgan fingerprint density at radius 2 is 0.457 bits per heavy atom. The molecule has 0 aromatic rings. The van der Waals surface area contributed by atoms with Crippen LogP contribution in [0.5, 0.6) is 0 Å². The molecule has 0 aliphatic rings. The van der Waals surface area contributed by atoms with E-state index in [-0.39, 0.29) is 36.7 Å². The summed E-state index contributed by atoms with van der Waals surface area (Å²) in [6.07, 6.45) is 46.8. The van der Waals surface area contributed by atoms with Crippen LogP contribution in [-0.4, -0.2) is 21.2 Å². The minimum atomic E-state index is -2.91. The maximum Gasteiger partial charge on any atom is 0.211 e. The van der Waals surface area contributed by atoms with Crippen LogP contribution in [0.2, 0.25) is 0 Å². The molecule has 0 fully saturated rings. The minimum absolute atomic E-state index is 0. The summed E-state index contributed by atoms with van der Waals surface area (Å²) in [4.78, 5) is 0. The monoisotopic (exact) mass is 721 g/mol. The van der Waals surface area contributed by atoms with Crippen molar-refractivity contribution in [1.29, 1.82) is 0 Å². The number of unbranched alkanes of at least 4 members (excludes halogenated alkanes) is 30. The van der Waals surface area contributed by atoms with Crippen molar-refractivity contribution < 1.29 is 8.42 Å². The van der Waals surface area contributed by atoms with E-state index in [1.54, 1.807) is 6.92 Å². The number of nitrogens with one attached hydrogen (secondary N) is 1. The van der Waals surface area contributed by atoms with Gasteiger partial charge >= 0.3 is 0 Å². The Balaban J connectivity index is -0.000000137. The van der Waals surface area contributed by atoms with Crippen molar-refractivity contribution in [3.8, 4) is 0 Å². The zero-order valence-electron chi connectivity index (χ0n) is 32.6. The molecule has 0 aliphatic heterocycles. The van der Waals surface area contributed by atoms with Gasteiger partial charge in [0.05, 0.1) is 5.75 Å². The zero-order valence-corrected chi connectivity index (χ0v) is 35.0. The van der Waals surface area contributed by atoms with Gasteiger partial charge in [-0.3, -0.25) is 0 Å². The second-order valence-corrected chi connectivity index (χ2v) is 15.2. The number of hydrogen-bond acceptors (Lipinski definition) is 3. The molecule has 0 heterocycles. The van der Waals surface area contributed by atoms with E-state index >= 15 is 0 Å². The Hall–Kier alpha value is 0.450. The van der Waals surface area contributed by atoms with Crippen molar-refractivity contribution in [2.75, 3.05) is 12.8 Å². The van der Waals surface area contributed by atoms with Crippen molar-refractivity contribution in [3.05, 3.63) is 0 Å². The second kappa shape index (κ2) is 54.9. The topological polar surface area (TPSA) is 81.2 Å². The predicted molar refractivity (Wildman–Crippen MR) is 218 cm³/mol. The maximum absolute atomic E-state index is 10.3. The van der Waals surface area contributed by atoms with E-state index in [1.165, 1.54) is 213 Å². The van der Waals surface area contributed by atoms with Gasteiger partial charge in [0.1, 0.15) is 0 Å². The number of halogens is 2. The fourth-order valence-electron chi connectivity index (χ4n) is 5.39. The van der Waals surface area contributed by atoms with Gasteiger partial charge in [0, 0.05) is 0 Å². The summed E-state index contributed by atoms with van der Waals surface area (Å²) in [6.45, 7) is 10.8. The molecular weight excluding hydrogens is 631 g/mol. The molecule has 0 saturated heterocycles. The van der Waals surface area contributed by atoms with Gasteiger partial charge in [0.2, 0.25) is 10.0 Å². The lowest BCUT2D eigenvalue weighted by atomic mass is 10.0. The van der Waals surface area contributed by atoms with Gasteiger partial charge < -0.3 is 6.15 Å². The van der Waals surface area contributed by atoms with E-state index in [2.05, 4.69) is 32.4 Å². The minimum Gasteiger partial charge on any atom is -0.344 e. The molecule has 0 rings (SSSR count). The third-order valence-corrected chi connectivity index (χ3v) is 9.99. The second-order valence-electron chi connectivity index (χ2n) is 13.0. The lowest BCUT2D eigenvalue weighted by Gasteiger charge is -2.03. The largest absolute Gasteiger partial charge is 0.344 e. The van der Waals surface area contributed by atoms with E-state index in [1.807, 2.05) is 0 Å². The molecule has 0 saturated carbocycles. The highest BCUT2D eigenvalue weighted by molar-refractivity contribution is 7.89. The average Bonchev–Trinajstić information content (AvgIpc) is 3.02. The lowest BCUT2D eigenvalue weighted by molar-refractivity contribution is 0.531. The van der Waals surface area contributed by atoms with Crippen molar-refractivity contribution in [2.45, 2.75) is 240 Å². The van der Waals surface area contributed by atoms with Gasteiger partial charge in [-0.1, -0.05) is 233 Å². The van der Waals surface area contributed by atoms with Crippen LogP contribution in [0, 0.1) is 0 Å². The fraction of sp³-hybridized carbons (Fsp3) is 1.00. The number of hydrogen-bond donors (Lipinski definition) is 2. The first-order valence-electron chi connectivity index (χ1n) is 19.9. The molecule has 0 aromatic carbocycles. The SMILES string of the molecule is CCCCCCCCCCCCCCCCCC.CCCCCCCCCCCCCCCCCC.CCS(=O)(=O)NC.Cl.Cl.N. The third kappa shape index (κ3) is 63.2. The molecule has 4 N–H and O–H groups in total. The Morgan fingerprint density at radius 1 is 0.326 bits per heavy atom. The van der Waals surface area contributed by atoms with E-state index in [9.17, 15) is 8.42 Å². The van der Waals surface area contributed by atoms with Gasteiger partial charge in [-0.05, 0) is 14.0 Å². The average molecular weight is 722 g/mol. The van der Waals surface area contributed by atoms with Crippen LogP contribution in [0.15, 0.2) is 0 Å². The van der Waals surface area contributed by atoms with Crippen LogP contribution in [-0.2, 0) is 10.0 Å². The summed E-state index contributed by atoms with van der Waals surface area (Å²) in [5.74, 6) is 0.156. The molecule has 0 unspecified atom stereocenters. The van der Waals surface area contributed by atoms with Crippen molar-refractivity contribution in [1.82, 2.24) is 10.9 Å². The summed E-state index contributed by atoms with van der Waals surface area (Å²) in [6, 6.07) is 0. The number of rotatable bonds is 32. The van der Waals surface area contributed by atoms with Crippen molar-refractivity contribution in [2.24, 2.45) is 0 Å². The standard InChI is InChI=1S/2C18H38.C3H9NO2S.2ClH.H3N/c2*1-3-5-7-9-11-13-15-17-18-16-14-12-10-8-6-4-2;1-3-7(5,6)4-2;;;/h2*3-18H2,1-2H3;4H,3H2,1-2H3;2*1H;1H3. The smallest absolute Gasteiger partial charge is 0.211 e. The van der Waals surface area contributed by atoms with Gasteiger partial charge in [0.25, 0.3) is 0 Å². The zero-order chi connectivity index (χ0) is 32.5. The summed E-state index contributed by atoms with van der Waals surface area (Å²) >= 11 is 0. The van der Waals surface area contributed by atoms with Gasteiger partial charge in [0.15, 0.2) is 0 Å². The molecule has 7 heteroatoms. The van der Waals surface area contributed by atoms with Crippen LogP contribution in [0.4, 0.5) is 0 Å². The van der Waals surface area contributed by atoms with Crippen molar-refractivity contribution in [3.63, 3.8) is 0 Å². The van der Waals surface area contributed by atoms with E-state index in [4.69, 9.17) is 0 Å². The first-order valence-corrected chi connectivity index (χ1v) is 21.5. The van der Waals surface area contributed by atoms with Gasteiger partial charge in [-0.25, -0.2) is 13.1 Å². The molecule has 4 nitrogen and oxygen atoms in total. The van der Waals surface area contributed by atoms with E-state index < -0.39 is 10.0 Å². The van der Waals surface area contributed by atoms with Gasteiger partial charge in [-0.15, -0.1) is 24.8 Å². The molecule has 0 atom stereocenters. The summed E-state index contributed by atoms with van der Waals surface area (Å²) in [5.41, 5.74) is 0. The molecule has 0 amide bonds. The summed E-state index contributed by atoms with van der Waals surface area (Å²) in [5, 5.41) is 0. The van der Waals surface area contributed by atoms with Crippen LogP contribution < -0.4 is 10.9 Å². The van der Waals surface area contributed by atoms with Crippen molar-refractivity contribution >= 4 is 34.8 Å². The molecule has 0 radical (unpaired) electrons. The highest BCUT2D eigenvalue weighted by Gasteiger charge is 1.98. The first-order chi connectivity index (χ1) is 20.9. The summed E-state index contributed by atoms with van der Waals surface area (Å²) in [7, 11) is -1.51. The highest BCUT2D eigenvalue weighted by atomic mass is 35.5.